The molecule has 230 valence electrons. The minimum Gasteiger partial charge on any atom is -0.234 e. The van der Waals surface area contributed by atoms with E-state index >= 15 is 0 Å². The molecule has 0 amide bonds. The molecule has 1 aromatic heterocycles. The molecular weight excluding hydrogens is 472 g/mol. The van der Waals surface area contributed by atoms with E-state index in [1.807, 2.05) is 0 Å². The number of imidazole rings is 1. The highest BCUT2D eigenvalue weighted by molar-refractivity contribution is 4.84. The van der Waals surface area contributed by atoms with E-state index in [9.17, 15) is 0 Å². The summed E-state index contributed by atoms with van der Waals surface area (Å²) in [5, 5.41) is 0. The quantitative estimate of drug-likeness (QED) is 0.0648. The van der Waals surface area contributed by atoms with Crippen LogP contribution < -0.4 is 4.57 Å². The predicted octanol–water partition coefficient (Wildman–Crippen LogP) is 12.3. The highest BCUT2D eigenvalue weighted by Crippen LogP contribution is 2.15. The van der Waals surface area contributed by atoms with Crippen molar-refractivity contribution in [2.45, 2.75) is 220 Å². The molecule has 0 saturated carbocycles. The van der Waals surface area contributed by atoms with Crippen LogP contribution in [0.3, 0.4) is 0 Å². The Labute approximate surface area is 247 Å². The van der Waals surface area contributed by atoms with Crippen LogP contribution in [0.25, 0.3) is 0 Å². The normalized spacial score (nSPS) is 11.6. The molecule has 0 saturated heterocycles. The zero-order valence-electron chi connectivity index (χ0n) is 27.5. The molecule has 0 aromatic carbocycles. The molecule has 0 spiro atoms. The van der Waals surface area contributed by atoms with Crippen LogP contribution in [0.1, 0.15) is 206 Å². The van der Waals surface area contributed by atoms with E-state index in [2.05, 4.69) is 42.3 Å². The molecule has 0 atom stereocenters. The van der Waals surface area contributed by atoms with Gasteiger partial charge < -0.3 is 0 Å². The lowest BCUT2D eigenvalue weighted by molar-refractivity contribution is -0.704. The maximum atomic E-state index is 2.63. The molecule has 0 N–H and O–H groups in total. The Morgan fingerprint density at radius 2 is 0.795 bits per heavy atom. The molecule has 1 rings (SSSR count). The van der Waals surface area contributed by atoms with Crippen molar-refractivity contribution in [2.75, 3.05) is 0 Å². The van der Waals surface area contributed by atoms with E-state index in [1.165, 1.54) is 199 Å². The smallest absolute Gasteiger partial charge is 0.234 e. The van der Waals surface area contributed by atoms with Crippen molar-refractivity contribution in [3.63, 3.8) is 0 Å². The van der Waals surface area contributed by atoms with Gasteiger partial charge in [-0.3, -0.25) is 0 Å². The van der Waals surface area contributed by atoms with Crippen molar-refractivity contribution in [3.8, 4) is 0 Å². The monoisotopic (exact) mass is 546 g/mol. The number of aryl methyl sites for hydroxylation is 2. The highest BCUT2D eigenvalue weighted by Gasteiger charge is 2.16. The van der Waals surface area contributed by atoms with Crippen LogP contribution in [0.2, 0.25) is 0 Å². The summed E-state index contributed by atoms with van der Waals surface area (Å²) < 4.78 is 5.25. The molecule has 0 radical (unpaired) electrons. The van der Waals surface area contributed by atoms with Crippen molar-refractivity contribution in [1.82, 2.24) is 4.57 Å². The van der Waals surface area contributed by atoms with Gasteiger partial charge in [-0.25, -0.2) is 9.13 Å². The second-order valence-corrected chi connectivity index (χ2v) is 12.7. The molecule has 0 aliphatic carbocycles. The van der Waals surface area contributed by atoms with Gasteiger partial charge in [0.05, 0.1) is 13.1 Å². The van der Waals surface area contributed by atoms with Crippen molar-refractivity contribution < 1.29 is 4.57 Å². The Bertz CT molecular complexity index is 605. The summed E-state index contributed by atoms with van der Waals surface area (Å²) in [6.45, 7) is 9.39. The van der Waals surface area contributed by atoms with E-state index < -0.39 is 0 Å². The summed E-state index contributed by atoms with van der Waals surface area (Å²) in [5.41, 5.74) is 0. The molecule has 2 nitrogen and oxygen atoms in total. The maximum Gasteiger partial charge on any atom is 0.256 e. The third kappa shape index (κ3) is 21.6. The highest BCUT2D eigenvalue weighted by atomic mass is 15.1. The lowest BCUT2D eigenvalue weighted by Crippen LogP contribution is -2.37. The summed E-state index contributed by atoms with van der Waals surface area (Å²) in [4.78, 5) is 0. The Kier molecular flexibility index (Phi) is 26.7. The van der Waals surface area contributed by atoms with Gasteiger partial charge in [-0.15, -0.1) is 0 Å². The summed E-state index contributed by atoms with van der Waals surface area (Å²) in [7, 11) is 0. The van der Waals surface area contributed by atoms with Gasteiger partial charge >= 0.3 is 0 Å². The number of aromatic nitrogens is 2. The molecule has 0 aliphatic rings. The van der Waals surface area contributed by atoms with Crippen molar-refractivity contribution in [3.05, 3.63) is 18.2 Å². The Balaban J connectivity index is 2.32. The summed E-state index contributed by atoms with van der Waals surface area (Å²) in [6, 6.07) is 0. The van der Waals surface area contributed by atoms with Crippen LogP contribution >= 0.6 is 0 Å². The van der Waals surface area contributed by atoms with Crippen LogP contribution in [-0.4, -0.2) is 4.57 Å². The number of nitrogens with zero attached hydrogens (tertiary/aromatic N) is 2. The first-order chi connectivity index (χ1) is 19.3. The number of rotatable bonds is 31. The van der Waals surface area contributed by atoms with E-state index in [0.29, 0.717) is 0 Å². The second-order valence-electron chi connectivity index (χ2n) is 12.7. The van der Waals surface area contributed by atoms with Crippen LogP contribution in [0.5, 0.6) is 0 Å². The standard InChI is InChI=1S/C37H73N2/c1-4-7-10-13-16-18-20-21-23-26-29-32-37-38(33-30-27-24-15-12-9-6-3)35-36-39(37)34-31-28-25-22-19-17-14-11-8-5-2/h35-36H,4-34H2,1-3H3/q+1. The Hall–Kier alpha value is -0.790. The average Bonchev–Trinajstić information content (AvgIpc) is 3.33. The minimum absolute atomic E-state index is 1.23. The van der Waals surface area contributed by atoms with Crippen LogP contribution in [-0.2, 0) is 19.5 Å². The molecule has 0 bridgehead atoms. The van der Waals surface area contributed by atoms with Crippen LogP contribution in [0.15, 0.2) is 12.4 Å². The van der Waals surface area contributed by atoms with Gasteiger partial charge in [0.2, 0.25) is 0 Å². The Morgan fingerprint density at radius 3 is 1.23 bits per heavy atom. The maximum absolute atomic E-state index is 2.63. The van der Waals surface area contributed by atoms with Crippen LogP contribution in [0.4, 0.5) is 0 Å². The predicted molar refractivity (Wildman–Crippen MR) is 175 cm³/mol. The lowest BCUT2D eigenvalue weighted by Gasteiger charge is -2.07. The zero-order valence-corrected chi connectivity index (χ0v) is 27.5. The van der Waals surface area contributed by atoms with Gasteiger partial charge in [0.1, 0.15) is 12.4 Å². The topological polar surface area (TPSA) is 8.81 Å². The van der Waals surface area contributed by atoms with Gasteiger partial charge in [-0.05, 0) is 32.1 Å². The summed E-state index contributed by atoms with van der Waals surface area (Å²) in [6.07, 6.45) is 45.9. The zero-order chi connectivity index (χ0) is 28.1. The van der Waals surface area contributed by atoms with Crippen molar-refractivity contribution >= 4 is 0 Å². The number of hydrogen-bond donors (Lipinski definition) is 0. The largest absolute Gasteiger partial charge is 0.256 e. The van der Waals surface area contributed by atoms with E-state index in [0.717, 1.165) is 0 Å². The van der Waals surface area contributed by atoms with Crippen LogP contribution in [0, 0.1) is 0 Å². The molecule has 0 fully saturated rings. The van der Waals surface area contributed by atoms with Crippen molar-refractivity contribution in [2.24, 2.45) is 0 Å². The fourth-order valence-corrected chi connectivity index (χ4v) is 6.15. The molecular formula is C37H73N2+. The molecule has 0 aliphatic heterocycles. The first kappa shape index (κ1) is 36.2. The van der Waals surface area contributed by atoms with E-state index in [4.69, 9.17) is 0 Å². The summed E-state index contributed by atoms with van der Waals surface area (Å²) in [5.74, 6) is 1.62. The fourth-order valence-electron chi connectivity index (χ4n) is 6.15. The second kappa shape index (κ2) is 28.7. The molecule has 39 heavy (non-hydrogen) atoms. The van der Waals surface area contributed by atoms with Crippen molar-refractivity contribution in [1.29, 1.82) is 0 Å². The first-order valence-electron chi connectivity index (χ1n) is 18.4. The van der Waals surface area contributed by atoms with E-state index in [1.54, 1.807) is 5.82 Å². The third-order valence-corrected chi connectivity index (χ3v) is 8.85. The fraction of sp³-hybridized carbons (Fsp3) is 0.919. The molecule has 2 heteroatoms. The van der Waals surface area contributed by atoms with Gasteiger partial charge in [0.15, 0.2) is 0 Å². The number of hydrogen-bond acceptors (Lipinski definition) is 0. The SMILES string of the molecule is CCCCCCCCCCCCCc1n(CCCCCCCCCCCC)cc[n+]1CCCCCCCCC. The van der Waals surface area contributed by atoms with E-state index in [-0.39, 0.29) is 0 Å². The molecule has 0 unspecified atom stereocenters. The van der Waals surface area contributed by atoms with Gasteiger partial charge in [-0.1, -0.05) is 168 Å². The van der Waals surface area contributed by atoms with Gasteiger partial charge in [-0.2, -0.15) is 0 Å². The lowest BCUT2D eigenvalue weighted by atomic mass is 10.1. The first-order valence-corrected chi connectivity index (χ1v) is 18.4. The third-order valence-electron chi connectivity index (χ3n) is 8.85. The average molecular weight is 546 g/mol. The molecule has 1 heterocycles. The minimum atomic E-state index is 1.23. The number of unbranched alkanes of at least 4 members (excludes halogenated alkanes) is 25. The summed E-state index contributed by atoms with van der Waals surface area (Å²) >= 11 is 0. The van der Waals surface area contributed by atoms with Gasteiger partial charge in [0.25, 0.3) is 5.82 Å². The Morgan fingerprint density at radius 1 is 0.436 bits per heavy atom. The van der Waals surface area contributed by atoms with Gasteiger partial charge in [0, 0.05) is 6.42 Å². The molecule has 1 aromatic rings.